The van der Waals surface area contributed by atoms with Crippen molar-refractivity contribution in [2.75, 3.05) is 19.5 Å². The van der Waals surface area contributed by atoms with Crippen LogP contribution in [0.15, 0.2) is 24.3 Å². The third-order valence-corrected chi connectivity index (χ3v) is 3.88. The molecule has 0 bridgehead atoms. The molecule has 0 radical (unpaired) electrons. The highest BCUT2D eigenvalue weighted by atomic mass is 32.1. The van der Waals surface area contributed by atoms with Gasteiger partial charge in [0.15, 0.2) is 0 Å². The summed E-state index contributed by atoms with van der Waals surface area (Å²) in [5.74, 6) is 0.687. The Morgan fingerprint density at radius 1 is 1.35 bits per heavy atom. The second kappa shape index (κ2) is 6.38. The first-order valence-corrected chi connectivity index (χ1v) is 6.98. The van der Waals surface area contributed by atoms with Crippen LogP contribution in [0.1, 0.15) is 21.6 Å². The molecular formula is C14H17N3O2S. The number of aromatic nitrogens is 1. The zero-order chi connectivity index (χ0) is 14.5. The van der Waals surface area contributed by atoms with Crippen molar-refractivity contribution in [2.45, 2.75) is 13.5 Å². The van der Waals surface area contributed by atoms with E-state index < -0.39 is 0 Å². The molecule has 1 aromatic heterocycles. The molecule has 2 rings (SSSR count). The molecule has 2 aromatic rings. The van der Waals surface area contributed by atoms with Gasteiger partial charge in [-0.25, -0.2) is 0 Å². The van der Waals surface area contributed by atoms with Crippen LogP contribution in [0.25, 0.3) is 0 Å². The van der Waals surface area contributed by atoms with Crippen molar-refractivity contribution in [2.24, 2.45) is 0 Å². The van der Waals surface area contributed by atoms with Crippen LogP contribution >= 0.6 is 11.5 Å². The zero-order valence-electron chi connectivity index (χ0n) is 11.7. The average molecular weight is 291 g/mol. The molecule has 0 aliphatic heterocycles. The summed E-state index contributed by atoms with van der Waals surface area (Å²) in [6.07, 6.45) is 0. The van der Waals surface area contributed by atoms with Gasteiger partial charge in [0, 0.05) is 13.6 Å². The van der Waals surface area contributed by atoms with Crippen LogP contribution in [0, 0.1) is 6.92 Å². The first kappa shape index (κ1) is 14.3. The van der Waals surface area contributed by atoms with E-state index >= 15 is 0 Å². The Labute approximate surface area is 122 Å². The van der Waals surface area contributed by atoms with E-state index in [9.17, 15) is 4.79 Å². The Balaban J connectivity index is 2.02. The van der Waals surface area contributed by atoms with Crippen LogP contribution in [-0.2, 0) is 6.54 Å². The van der Waals surface area contributed by atoms with Gasteiger partial charge >= 0.3 is 0 Å². The van der Waals surface area contributed by atoms with Crippen molar-refractivity contribution >= 4 is 22.4 Å². The van der Waals surface area contributed by atoms with Crippen LogP contribution in [0.2, 0.25) is 0 Å². The molecule has 20 heavy (non-hydrogen) atoms. The highest BCUT2D eigenvalue weighted by Gasteiger charge is 2.17. The van der Waals surface area contributed by atoms with Gasteiger partial charge in [0.2, 0.25) is 0 Å². The largest absolute Gasteiger partial charge is 0.497 e. The molecule has 0 aliphatic carbocycles. The molecule has 0 spiro atoms. The summed E-state index contributed by atoms with van der Waals surface area (Å²) in [6, 6.07) is 7.60. The van der Waals surface area contributed by atoms with Crippen LogP contribution in [-0.4, -0.2) is 24.4 Å². The second-order valence-electron chi connectivity index (χ2n) is 4.25. The topological polar surface area (TPSA) is 63.2 Å². The van der Waals surface area contributed by atoms with Crippen molar-refractivity contribution in [3.8, 4) is 5.75 Å². The lowest BCUT2D eigenvalue weighted by Gasteiger charge is -2.07. The van der Waals surface area contributed by atoms with Crippen LogP contribution < -0.4 is 15.4 Å². The summed E-state index contributed by atoms with van der Waals surface area (Å²) in [6.45, 7) is 2.31. The van der Waals surface area contributed by atoms with Crippen molar-refractivity contribution in [1.29, 1.82) is 0 Å². The first-order valence-electron chi connectivity index (χ1n) is 6.21. The molecule has 0 unspecified atom stereocenters. The lowest BCUT2D eigenvalue weighted by Crippen LogP contribution is -2.23. The standard InChI is InChI=1S/C14H17N3O2S/c1-9-12(14(15-2)20-17-9)13(18)16-8-10-4-6-11(19-3)7-5-10/h4-7,15H,8H2,1-3H3,(H,16,18). The number of hydrogen-bond acceptors (Lipinski definition) is 5. The van der Waals surface area contributed by atoms with Gasteiger partial charge in [0.25, 0.3) is 5.91 Å². The number of carbonyl (C=O) groups is 1. The van der Waals surface area contributed by atoms with Crippen LogP contribution in [0.4, 0.5) is 5.00 Å². The molecule has 2 N–H and O–H groups in total. The number of benzene rings is 1. The number of nitrogens with zero attached hydrogens (tertiary/aromatic N) is 1. The molecule has 0 atom stereocenters. The summed E-state index contributed by atoms with van der Waals surface area (Å²) in [7, 11) is 3.41. The highest BCUT2D eigenvalue weighted by molar-refractivity contribution is 7.10. The highest BCUT2D eigenvalue weighted by Crippen LogP contribution is 2.23. The molecule has 0 saturated heterocycles. The van der Waals surface area contributed by atoms with Gasteiger partial charge in [0.05, 0.1) is 18.4 Å². The third kappa shape index (κ3) is 3.08. The minimum absolute atomic E-state index is 0.114. The Morgan fingerprint density at radius 3 is 2.65 bits per heavy atom. The SMILES string of the molecule is CNc1snc(C)c1C(=O)NCc1ccc(OC)cc1. The number of nitrogens with one attached hydrogen (secondary N) is 2. The minimum atomic E-state index is -0.114. The number of amides is 1. The van der Waals surface area contributed by atoms with E-state index in [1.165, 1.54) is 11.5 Å². The van der Waals surface area contributed by atoms with Crippen molar-refractivity contribution < 1.29 is 9.53 Å². The summed E-state index contributed by atoms with van der Waals surface area (Å²) in [4.78, 5) is 12.2. The number of carbonyl (C=O) groups excluding carboxylic acids is 1. The molecule has 106 valence electrons. The Bertz CT molecular complexity index is 593. The Kier molecular flexibility index (Phi) is 4.57. The molecule has 0 fully saturated rings. The van der Waals surface area contributed by atoms with Crippen molar-refractivity contribution in [3.63, 3.8) is 0 Å². The van der Waals surface area contributed by atoms with Gasteiger partial charge in [-0.3, -0.25) is 4.79 Å². The van der Waals surface area contributed by atoms with E-state index in [0.29, 0.717) is 12.1 Å². The van der Waals surface area contributed by atoms with Crippen LogP contribution in [0.5, 0.6) is 5.75 Å². The van der Waals surface area contributed by atoms with E-state index in [0.717, 1.165) is 22.0 Å². The number of rotatable bonds is 5. The molecule has 1 aromatic carbocycles. The fourth-order valence-electron chi connectivity index (χ4n) is 1.82. The van der Waals surface area contributed by atoms with Gasteiger partial charge in [-0.15, -0.1) is 0 Å². The fourth-order valence-corrected chi connectivity index (χ4v) is 2.56. The maximum Gasteiger partial charge on any atom is 0.256 e. The first-order chi connectivity index (χ1) is 9.65. The number of methoxy groups -OCH3 is 1. The van der Waals surface area contributed by atoms with Gasteiger partial charge in [-0.05, 0) is 36.2 Å². The van der Waals surface area contributed by atoms with Crippen molar-refractivity contribution in [1.82, 2.24) is 9.69 Å². The molecule has 1 heterocycles. The monoisotopic (exact) mass is 291 g/mol. The molecule has 0 aliphatic rings. The molecular weight excluding hydrogens is 274 g/mol. The van der Waals surface area contributed by atoms with Gasteiger partial charge < -0.3 is 15.4 Å². The van der Waals surface area contributed by atoms with E-state index in [1.807, 2.05) is 31.2 Å². The lowest BCUT2D eigenvalue weighted by molar-refractivity contribution is 0.0951. The third-order valence-electron chi connectivity index (χ3n) is 2.93. The predicted octanol–water partition coefficient (Wildman–Crippen LogP) is 2.43. The molecule has 5 nitrogen and oxygen atoms in total. The second-order valence-corrected chi connectivity index (χ2v) is 5.03. The van der Waals surface area contributed by atoms with Gasteiger partial charge in [-0.1, -0.05) is 12.1 Å². The van der Waals surface area contributed by atoms with Crippen molar-refractivity contribution in [3.05, 3.63) is 41.1 Å². The van der Waals surface area contributed by atoms with Gasteiger partial charge in [-0.2, -0.15) is 4.37 Å². The number of anilines is 1. The minimum Gasteiger partial charge on any atom is -0.497 e. The molecule has 1 amide bonds. The fraction of sp³-hybridized carbons (Fsp3) is 0.286. The quantitative estimate of drug-likeness (QED) is 0.888. The number of ether oxygens (including phenoxy) is 1. The maximum absolute atomic E-state index is 12.2. The number of hydrogen-bond donors (Lipinski definition) is 2. The molecule has 0 saturated carbocycles. The Morgan fingerprint density at radius 2 is 2.05 bits per heavy atom. The van der Waals surface area contributed by atoms with E-state index in [2.05, 4.69) is 15.0 Å². The average Bonchev–Trinajstić information content (AvgIpc) is 2.86. The summed E-state index contributed by atoms with van der Waals surface area (Å²) >= 11 is 1.29. The summed E-state index contributed by atoms with van der Waals surface area (Å²) in [5, 5.41) is 6.68. The predicted molar refractivity (Wildman–Crippen MR) is 80.6 cm³/mol. The van der Waals surface area contributed by atoms with Gasteiger partial charge in [0.1, 0.15) is 10.8 Å². The van der Waals surface area contributed by atoms with E-state index in [1.54, 1.807) is 14.2 Å². The smallest absolute Gasteiger partial charge is 0.256 e. The normalized spacial score (nSPS) is 10.2. The number of aryl methyl sites for hydroxylation is 1. The van der Waals surface area contributed by atoms with E-state index in [4.69, 9.17) is 4.74 Å². The van der Waals surface area contributed by atoms with E-state index in [-0.39, 0.29) is 5.91 Å². The summed E-state index contributed by atoms with van der Waals surface area (Å²) < 4.78 is 9.29. The summed E-state index contributed by atoms with van der Waals surface area (Å²) in [5.41, 5.74) is 2.38. The maximum atomic E-state index is 12.2. The van der Waals surface area contributed by atoms with Crippen LogP contribution in [0.3, 0.4) is 0 Å². The molecule has 6 heteroatoms. The Hall–Kier alpha value is -2.08. The lowest BCUT2D eigenvalue weighted by atomic mass is 10.2. The zero-order valence-corrected chi connectivity index (χ0v) is 12.5.